The van der Waals surface area contributed by atoms with Crippen LogP contribution in [0, 0.1) is 0 Å². The highest BCUT2D eigenvalue weighted by Crippen LogP contribution is 2.48. The normalized spacial score (nSPS) is 12.2. The third kappa shape index (κ3) is 3.17. The molecular weight excluding hydrogens is 545 g/mol. The molecule has 0 fully saturated rings. The van der Waals surface area contributed by atoms with Crippen LogP contribution in [0.25, 0.3) is 96.9 Å². The molecule has 43 heavy (non-hydrogen) atoms. The Balaban J connectivity index is 1.30. The van der Waals surface area contributed by atoms with Gasteiger partial charge in [0.2, 0.25) is 0 Å². The molecule has 0 spiro atoms. The van der Waals surface area contributed by atoms with Gasteiger partial charge in [0.25, 0.3) is 0 Å². The van der Waals surface area contributed by atoms with Gasteiger partial charge in [-0.2, -0.15) is 0 Å². The molecule has 0 unspecified atom stereocenters. The zero-order valence-electron chi connectivity index (χ0n) is 22.9. The summed E-state index contributed by atoms with van der Waals surface area (Å²) in [6.45, 7) is 0. The Bertz CT molecular complexity index is 2680. The Morgan fingerprint density at radius 1 is 0.442 bits per heavy atom. The highest BCUT2D eigenvalue weighted by atomic mass is 32.1. The molecule has 7 aromatic carbocycles. The Morgan fingerprint density at radius 3 is 1.88 bits per heavy atom. The maximum Gasteiger partial charge on any atom is 0.136 e. The molecule has 3 heterocycles. The Labute approximate surface area is 250 Å². The van der Waals surface area contributed by atoms with Gasteiger partial charge in [-0.25, -0.2) is 0 Å². The van der Waals surface area contributed by atoms with Crippen molar-refractivity contribution < 1.29 is 8.83 Å². The standard InChI is InChI=1S/C40H22O2S/c1-3-11-27-25(9-1)37(23-16-17-30-35(22-23)42-34-19-18-33-31(39(30)34)20-21-41-33)26-10-2-4-12-28(26)38(27)32-14-7-13-29-24-8-5-6-15-36(24)43-40(29)32/h1-22H. The van der Waals surface area contributed by atoms with E-state index in [9.17, 15) is 0 Å². The first-order chi connectivity index (χ1) is 21.3. The van der Waals surface area contributed by atoms with E-state index in [-0.39, 0.29) is 0 Å². The fourth-order valence-corrected chi connectivity index (χ4v) is 8.37. The molecule has 0 saturated heterocycles. The molecule has 3 heteroatoms. The second kappa shape index (κ2) is 8.57. The Hall–Kier alpha value is -5.38. The largest absolute Gasteiger partial charge is 0.464 e. The number of fused-ring (bicyclic) bond motifs is 10. The third-order valence-corrected chi connectivity index (χ3v) is 10.2. The summed E-state index contributed by atoms with van der Waals surface area (Å²) < 4.78 is 14.8. The lowest BCUT2D eigenvalue weighted by Gasteiger charge is -2.18. The monoisotopic (exact) mass is 566 g/mol. The third-order valence-electron chi connectivity index (χ3n) is 8.96. The Kier molecular flexibility index (Phi) is 4.63. The van der Waals surface area contributed by atoms with Crippen LogP contribution in [0.5, 0.6) is 0 Å². The second-order valence-electron chi connectivity index (χ2n) is 11.2. The van der Waals surface area contributed by atoms with Crippen molar-refractivity contribution in [3.63, 3.8) is 0 Å². The van der Waals surface area contributed by atoms with Gasteiger partial charge in [0.1, 0.15) is 16.7 Å². The van der Waals surface area contributed by atoms with Gasteiger partial charge in [0.05, 0.1) is 6.26 Å². The fourth-order valence-electron chi connectivity index (χ4n) is 7.15. The molecule has 0 aliphatic rings. The minimum atomic E-state index is 0.875. The molecule has 0 radical (unpaired) electrons. The fraction of sp³-hybridized carbons (Fsp3) is 0. The zero-order chi connectivity index (χ0) is 28.1. The second-order valence-corrected chi connectivity index (χ2v) is 12.3. The molecule has 2 nitrogen and oxygen atoms in total. The SMILES string of the molecule is c1ccc2c(c1)sc1c(-c3c4ccccc4c(-c4ccc5c(c4)oc4ccc6occc6c45)c4ccccc34)cccc12. The van der Waals surface area contributed by atoms with E-state index in [1.807, 2.05) is 29.5 Å². The first-order valence-corrected chi connectivity index (χ1v) is 15.3. The van der Waals surface area contributed by atoms with Crippen LogP contribution >= 0.6 is 11.3 Å². The van der Waals surface area contributed by atoms with E-state index >= 15 is 0 Å². The van der Waals surface area contributed by atoms with Crippen LogP contribution < -0.4 is 0 Å². The van der Waals surface area contributed by atoms with E-state index in [2.05, 4.69) is 109 Å². The summed E-state index contributed by atoms with van der Waals surface area (Å²) in [5.74, 6) is 0. The lowest BCUT2D eigenvalue weighted by atomic mass is 9.85. The first-order valence-electron chi connectivity index (χ1n) is 14.5. The van der Waals surface area contributed by atoms with Crippen molar-refractivity contribution in [1.29, 1.82) is 0 Å². The molecule has 0 amide bonds. The van der Waals surface area contributed by atoms with Crippen molar-refractivity contribution in [2.75, 3.05) is 0 Å². The van der Waals surface area contributed by atoms with Gasteiger partial charge in [0.15, 0.2) is 0 Å². The van der Waals surface area contributed by atoms with Crippen molar-refractivity contribution in [3.05, 3.63) is 134 Å². The summed E-state index contributed by atoms with van der Waals surface area (Å²) in [5.41, 5.74) is 7.59. The average molecular weight is 567 g/mol. The van der Waals surface area contributed by atoms with Gasteiger partial charge in [-0.1, -0.05) is 91.0 Å². The van der Waals surface area contributed by atoms with E-state index < -0.39 is 0 Å². The lowest BCUT2D eigenvalue weighted by molar-refractivity contribution is 0.615. The minimum Gasteiger partial charge on any atom is -0.464 e. The summed E-state index contributed by atoms with van der Waals surface area (Å²) in [6, 6.07) is 45.9. The van der Waals surface area contributed by atoms with Gasteiger partial charge in [0, 0.05) is 41.9 Å². The van der Waals surface area contributed by atoms with Crippen LogP contribution in [0.15, 0.2) is 142 Å². The van der Waals surface area contributed by atoms with Crippen molar-refractivity contribution in [2.24, 2.45) is 0 Å². The molecule has 0 saturated carbocycles. The highest BCUT2D eigenvalue weighted by molar-refractivity contribution is 7.26. The summed E-state index contributed by atoms with van der Waals surface area (Å²) in [7, 11) is 0. The van der Waals surface area contributed by atoms with Gasteiger partial charge in [-0.05, 0) is 74.6 Å². The maximum atomic E-state index is 6.45. The van der Waals surface area contributed by atoms with Crippen LogP contribution in [-0.2, 0) is 0 Å². The Morgan fingerprint density at radius 2 is 1.09 bits per heavy atom. The van der Waals surface area contributed by atoms with E-state index in [1.165, 1.54) is 58.4 Å². The first kappa shape index (κ1) is 23.2. The quantitative estimate of drug-likeness (QED) is 0.195. The van der Waals surface area contributed by atoms with Crippen LogP contribution in [0.3, 0.4) is 0 Å². The highest BCUT2D eigenvalue weighted by Gasteiger charge is 2.20. The molecule has 3 aromatic heterocycles. The van der Waals surface area contributed by atoms with Crippen LogP contribution in [0.4, 0.5) is 0 Å². The van der Waals surface area contributed by atoms with E-state index in [0.717, 1.165) is 38.5 Å². The summed E-state index contributed by atoms with van der Waals surface area (Å²) in [4.78, 5) is 0. The summed E-state index contributed by atoms with van der Waals surface area (Å²) in [6.07, 6.45) is 1.75. The molecule has 0 atom stereocenters. The number of thiophene rings is 1. The van der Waals surface area contributed by atoms with E-state index in [1.54, 1.807) is 6.26 Å². The van der Waals surface area contributed by atoms with Crippen LogP contribution in [-0.4, -0.2) is 0 Å². The van der Waals surface area contributed by atoms with Crippen LogP contribution in [0.2, 0.25) is 0 Å². The summed E-state index contributed by atoms with van der Waals surface area (Å²) in [5, 5.41) is 10.9. The lowest BCUT2D eigenvalue weighted by Crippen LogP contribution is -1.91. The smallest absolute Gasteiger partial charge is 0.136 e. The van der Waals surface area contributed by atoms with Crippen LogP contribution in [0.1, 0.15) is 0 Å². The average Bonchev–Trinajstić information content (AvgIpc) is 3.78. The predicted octanol–water partition coefficient (Wildman–Crippen LogP) is 12.3. The summed E-state index contributed by atoms with van der Waals surface area (Å²) >= 11 is 1.89. The van der Waals surface area contributed by atoms with Crippen molar-refractivity contribution in [1.82, 2.24) is 0 Å². The molecule has 0 aliphatic heterocycles. The molecule has 200 valence electrons. The molecule has 10 aromatic rings. The molecule has 0 aliphatic carbocycles. The van der Waals surface area contributed by atoms with E-state index in [0.29, 0.717) is 0 Å². The van der Waals surface area contributed by atoms with Crippen molar-refractivity contribution >= 4 is 86.0 Å². The zero-order valence-corrected chi connectivity index (χ0v) is 23.7. The number of hydrogen-bond donors (Lipinski definition) is 0. The predicted molar refractivity (Wildman–Crippen MR) is 182 cm³/mol. The number of furan rings is 2. The minimum absolute atomic E-state index is 0.875. The molecule has 0 bridgehead atoms. The molecule has 0 N–H and O–H groups in total. The molecular formula is C40H22O2S. The number of benzene rings is 7. The maximum absolute atomic E-state index is 6.45. The number of hydrogen-bond acceptors (Lipinski definition) is 3. The number of rotatable bonds is 2. The van der Waals surface area contributed by atoms with E-state index in [4.69, 9.17) is 8.83 Å². The van der Waals surface area contributed by atoms with Gasteiger partial charge in [-0.3, -0.25) is 0 Å². The van der Waals surface area contributed by atoms with Crippen molar-refractivity contribution in [2.45, 2.75) is 0 Å². The van der Waals surface area contributed by atoms with Gasteiger partial charge < -0.3 is 8.83 Å². The molecule has 10 rings (SSSR count). The van der Waals surface area contributed by atoms with Gasteiger partial charge >= 0.3 is 0 Å². The topological polar surface area (TPSA) is 26.3 Å². The van der Waals surface area contributed by atoms with Crippen molar-refractivity contribution in [3.8, 4) is 22.3 Å². The van der Waals surface area contributed by atoms with Gasteiger partial charge in [-0.15, -0.1) is 11.3 Å².